The van der Waals surface area contributed by atoms with Crippen LogP contribution in [0.3, 0.4) is 0 Å². The van der Waals surface area contributed by atoms with Crippen LogP contribution in [-0.4, -0.2) is 40.6 Å². The topological polar surface area (TPSA) is 110 Å². The van der Waals surface area contributed by atoms with Crippen LogP contribution < -0.4 is 16.0 Å². The lowest BCUT2D eigenvalue weighted by atomic mass is 10.0. The van der Waals surface area contributed by atoms with Gasteiger partial charge in [0, 0.05) is 37.1 Å². The second-order valence-electron chi connectivity index (χ2n) is 7.47. The Bertz CT molecular complexity index is 1050. The van der Waals surface area contributed by atoms with Gasteiger partial charge in [-0.15, -0.1) is 0 Å². The summed E-state index contributed by atoms with van der Waals surface area (Å²) in [7, 11) is 0. The highest BCUT2D eigenvalue weighted by molar-refractivity contribution is 5.94. The minimum Gasteiger partial charge on any atom is -0.369 e. The zero-order valence-electron chi connectivity index (χ0n) is 16.4. The molecule has 0 bridgehead atoms. The summed E-state index contributed by atoms with van der Waals surface area (Å²) in [6.07, 6.45) is 3.72. The van der Waals surface area contributed by atoms with Crippen molar-refractivity contribution in [3.8, 4) is 0 Å². The van der Waals surface area contributed by atoms with Crippen molar-refractivity contribution in [1.82, 2.24) is 9.97 Å². The molecule has 0 radical (unpaired) electrons. The number of rotatable bonds is 6. The lowest BCUT2D eigenvalue weighted by Crippen LogP contribution is -2.39. The fourth-order valence-electron chi connectivity index (χ4n) is 3.74. The summed E-state index contributed by atoms with van der Waals surface area (Å²) >= 11 is 0. The second kappa shape index (κ2) is 8.58. The maximum atomic E-state index is 13.0. The van der Waals surface area contributed by atoms with E-state index >= 15 is 0 Å². The fraction of sp³-hybridized carbons (Fsp3) is 0.333. The van der Waals surface area contributed by atoms with Crippen molar-refractivity contribution in [2.24, 2.45) is 5.73 Å². The van der Waals surface area contributed by atoms with Crippen molar-refractivity contribution in [2.75, 3.05) is 29.9 Å². The number of hydrogen-bond donors (Lipinski definition) is 2. The first-order chi connectivity index (χ1) is 14.5. The van der Waals surface area contributed by atoms with Gasteiger partial charge in [-0.05, 0) is 43.0 Å². The van der Waals surface area contributed by atoms with Gasteiger partial charge in [0.2, 0.25) is 0 Å². The Kier molecular flexibility index (Phi) is 5.71. The molecule has 30 heavy (non-hydrogen) atoms. The predicted molar refractivity (Wildman–Crippen MR) is 114 cm³/mol. The smallest absolute Gasteiger partial charge is 0.293 e. The quantitative estimate of drug-likeness (QED) is 0.474. The molecule has 156 valence electrons. The van der Waals surface area contributed by atoms with Crippen LogP contribution >= 0.6 is 0 Å². The van der Waals surface area contributed by atoms with E-state index in [9.17, 15) is 14.5 Å². The predicted octanol–water partition coefficient (Wildman–Crippen LogP) is 3.26. The Morgan fingerprint density at radius 2 is 1.93 bits per heavy atom. The number of nitrogens with one attached hydrogen (secondary N) is 1. The minimum atomic E-state index is -0.362. The zero-order chi connectivity index (χ0) is 21.1. The Balaban J connectivity index is 1.59. The van der Waals surface area contributed by atoms with Crippen molar-refractivity contribution in [1.29, 1.82) is 0 Å². The molecular formula is C21H23FN6O2. The van der Waals surface area contributed by atoms with Crippen LogP contribution in [0.25, 0.3) is 10.9 Å². The van der Waals surface area contributed by atoms with Gasteiger partial charge >= 0.3 is 0 Å². The van der Waals surface area contributed by atoms with E-state index in [1.807, 2.05) is 4.90 Å². The largest absolute Gasteiger partial charge is 0.369 e. The maximum Gasteiger partial charge on any atom is 0.293 e. The Labute approximate surface area is 173 Å². The van der Waals surface area contributed by atoms with Gasteiger partial charge in [0.05, 0.1) is 10.4 Å². The van der Waals surface area contributed by atoms with E-state index in [0.717, 1.165) is 18.4 Å². The summed E-state index contributed by atoms with van der Waals surface area (Å²) in [4.78, 5) is 22.0. The summed E-state index contributed by atoms with van der Waals surface area (Å²) < 4.78 is 13.0. The van der Waals surface area contributed by atoms with Crippen LogP contribution in [0, 0.1) is 15.9 Å². The first-order valence-corrected chi connectivity index (χ1v) is 9.93. The maximum absolute atomic E-state index is 13.0. The zero-order valence-corrected chi connectivity index (χ0v) is 16.4. The minimum absolute atomic E-state index is 0.0364. The number of nitro benzene ring substituents is 1. The van der Waals surface area contributed by atoms with E-state index in [0.29, 0.717) is 48.5 Å². The molecule has 0 amide bonds. The second-order valence-corrected chi connectivity index (χ2v) is 7.47. The van der Waals surface area contributed by atoms with Gasteiger partial charge in [-0.1, -0.05) is 12.1 Å². The van der Waals surface area contributed by atoms with E-state index in [2.05, 4.69) is 15.3 Å². The van der Waals surface area contributed by atoms with E-state index in [-0.39, 0.29) is 22.5 Å². The molecule has 3 aromatic rings. The van der Waals surface area contributed by atoms with Gasteiger partial charge in [0.25, 0.3) is 5.69 Å². The molecule has 0 saturated carbocycles. The third-order valence-electron chi connectivity index (χ3n) is 5.43. The Morgan fingerprint density at radius 1 is 1.20 bits per heavy atom. The van der Waals surface area contributed by atoms with Gasteiger partial charge in [-0.25, -0.2) is 14.4 Å². The number of anilines is 2. The monoisotopic (exact) mass is 410 g/mol. The Hall–Kier alpha value is -3.33. The highest BCUT2D eigenvalue weighted by Gasteiger charge is 2.25. The highest BCUT2D eigenvalue weighted by Crippen LogP contribution is 2.35. The van der Waals surface area contributed by atoms with E-state index in [1.54, 1.807) is 24.3 Å². The number of fused-ring (bicyclic) bond motifs is 1. The van der Waals surface area contributed by atoms with E-state index < -0.39 is 0 Å². The molecule has 0 unspecified atom stereocenters. The van der Waals surface area contributed by atoms with E-state index in [4.69, 9.17) is 5.73 Å². The van der Waals surface area contributed by atoms with Crippen molar-refractivity contribution in [3.05, 3.63) is 64.2 Å². The van der Waals surface area contributed by atoms with Crippen LogP contribution in [-0.2, 0) is 6.42 Å². The lowest BCUT2D eigenvalue weighted by Gasteiger charge is -2.31. The number of halogens is 1. The number of aromatic nitrogens is 2. The number of piperidine rings is 1. The number of hydrogen-bond acceptors (Lipinski definition) is 7. The summed E-state index contributed by atoms with van der Waals surface area (Å²) in [6.45, 7) is 1.92. The van der Waals surface area contributed by atoms with Gasteiger partial charge in [-0.3, -0.25) is 10.1 Å². The first kappa shape index (κ1) is 20.0. The molecule has 2 aromatic carbocycles. The molecular weight excluding hydrogens is 387 g/mol. The molecule has 1 fully saturated rings. The summed E-state index contributed by atoms with van der Waals surface area (Å²) in [5.74, 6) is 0.268. The first-order valence-electron chi connectivity index (χ1n) is 9.93. The molecule has 3 N–H and O–H groups in total. The molecule has 2 heterocycles. The van der Waals surface area contributed by atoms with Crippen LogP contribution in [0.5, 0.6) is 0 Å². The lowest BCUT2D eigenvalue weighted by molar-refractivity contribution is -0.384. The number of nitrogens with two attached hydrogens (primary N) is 1. The average molecular weight is 410 g/mol. The van der Waals surface area contributed by atoms with Crippen LogP contribution in [0.15, 0.2) is 42.7 Å². The molecule has 0 spiro atoms. The summed E-state index contributed by atoms with van der Waals surface area (Å²) in [5.41, 5.74) is 8.20. The van der Waals surface area contributed by atoms with Gasteiger partial charge in [-0.2, -0.15) is 0 Å². The average Bonchev–Trinajstić information content (AvgIpc) is 2.75. The summed E-state index contributed by atoms with van der Waals surface area (Å²) in [6, 6.07) is 9.76. The van der Waals surface area contributed by atoms with Crippen LogP contribution in [0.2, 0.25) is 0 Å². The van der Waals surface area contributed by atoms with Crippen molar-refractivity contribution < 1.29 is 9.31 Å². The highest BCUT2D eigenvalue weighted by atomic mass is 19.1. The molecule has 1 saturated heterocycles. The molecule has 4 rings (SSSR count). The molecule has 8 nitrogen and oxygen atoms in total. The number of nitrogens with zero attached hydrogens (tertiary/aromatic N) is 4. The van der Waals surface area contributed by atoms with Gasteiger partial charge < -0.3 is 16.0 Å². The van der Waals surface area contributed by atoms with E-state index in [1.165, 1.54) is 18.5 Å². The van der Waals surface area contributed by atoms with Crippen LogP contribution in [0.4, 0.5) is 21.6 Å². The normalized spacial score (nSPS) is 14.8. The molecule has 9 heteroatoms. The Morgan fingerprint density at radius 3 is 2.63 bits per heavy atom. The molecule has 0 aliphatic carbocycles. The van der Waals surface area contributed by atoms with Crippen molar-refractivity contribution in [2.45, 2.75) is 25.3 Å². The van der Waals surface area contributed by atoms with Crippen molar-refractivity contribution in [3.63, 3.8) is 0 Å². The SMILES string of the molecule is NC1CCN(c2cc3ncnc(NCCc4ccc(F)cc4)c3cc2[N+](=O)[O-])CC1. The van der Waals surface area contributed by atoms with Crippen LogP contribution in [0.1, 0.15) is 18.4 Å². The molecule has 1 aliphatic heterocycles. The fourth-order valence-corrected chi connectivity index (χ4v) is 3.74. The molecule has 1 aliphatic rings. The van der Waals surface area contributed by atoms with Gasteiger partial charge in [0.15, 0.2) is 0 Å². The number of benzene rings is 2. The molecule has 1 aromatic heterocycles. The van der Waals surface area contributed by atoms with Crippen molar-refractivity contribution >= 4 is 28.1 Å². The third-order valence-corrected chi connectivity index (χ3v) is 5.43. The summed E-state index contributed by atoms with van der Waals surface area (Å²) in [5, 5.41) is 15.6. The third kappa shape index (κ3) is 4.30. The number of nitro groups is 1. The van der Waals surface area contributed by atoms with Gasteiger partial charge in [0.1, 0.15) is 23.6 Å². The molecule has 0 atom stereocenters. The standard InChI is InChI=1S/C21H23FN6O2/c22-15-3-1-14(2-4-15)5-8-24-21-17-11-20(28(29)30)19(12-18(17)25-13-26-21)27-9-6-16(23)7-10-27/h1-4,11-13,16H,5-10,23H2,(H,24,25,26).